The molecule has 23 heavy (non-hydrogen) atoms. The van der Waals surface area contributed by atoms with Crippen LogP contribution in [0.25, 0.3) is 0 Å². The molecule has 0 saturated heterocycles. The lowest BCUT2D eigenvalue weighted by molar-refractivity contribution is -0.134. The summed E-state index contributed by atoms with van der Waals surface area (Å²) < 4.78 is 0. The van der Waals surface area contributed by atoms with Gasteiger partial charge in [0, 0.05) is 26.2 Å². The third-order valence-corrected chi connectivity index (χ3v) is 3.09. The number of carbonyl (C=O) groups is 4. The Balaban J connectivity index is 4.36. The van der Waals surface area contributed by atoms with E-state index >= 15 is 0 Å². The van der Waals surface area contributed by atoms with Crippen LogP contribution in [-0.4, -0.2) is 88.4 Å². The molecule has 0 spiro atoms. The minimum Gasteiger partial charge on any atom is -0.368 e. The maximum Gasteiger partial charge on any atom is 0.239 e. The van der Waals surface area contributed by atoms with Crippen LogP contribution < -0.4 is 16.8 Å². The third-order valence-electron chi connectivity index (χ3n) is 3.09. The first-order valence-corrected chi connectivity index (χ1v) is 7.66. The Bertz CT molecular complexity index is 436. The van der Waals surface area contributed by atoms with Crippen molar-refractivity contribution in [2.24, 2.45) is 11.5 Å². The summed E-state index contributed by atoms with van der Waals surface area (Å²) in [6.45, 7) is 0.671. The second kappa shape index (κ2) is 11.5. The van der Waals surface area contributed by atoms with Crippen molar-refractivity contribution in [3.8, 4) is 0 Å². The second-order valence-corrected chi connectivity index (χ2v) is 4.94. The quantitative estimate of drug-likeness (QED) is 0.328. The molecule has 0 atom stereocenters. The molecule has 5 N–H and O–H groups in total. The van der Waals surface area contributed by atoms with E-state index in [0.29, 0.717) is 12.9 Å². The zero-order valence-corrected chi connectivity index (χ0v) is 13.8. The van der Waals surface area contributed by atoms with Gasteiger partial charge in [0.15, 0.2) is 0 Å². The number of nitrogens with zero attached hydrogens (tertiary/aromatic N) is 2. The van der Waals surface area contributed by atoms with E-state index in [1.807, 2.05) is 0 Å². The molecular formula is C12H25B2N5O4. The molecule has 0 aliphatic carbocycles. The number of nitrogens with one attached hydrogen (secondary N) is 1. The van der Waals surface area contributed by atoms with Gasteiger partial charge in [-0.15, -0.1) is 0 Å². The highest BCUT2D eigenvalue weighted by Crippen LogP contribution is 1.94. The lowest BCUT2D eigenvalue weighted by Crippen LogP contribution is -2.46. The number of rotatable bonds is 11. The van der Waals surface area contributed by atoms with Crippen molar-refractivity contribution in [1.29, 1.82) is 0 Å². The van der Waals surface area contributed by atoms with Crippen LogP contribution in [0.2, 0.25) is 12.6 Å². The van der Waals surface area contributed by atoms with Gasteiger partial charge in [0.25, 0.3) is 0 Å². The van der Waals surface area contributed by atoms with Crippen molar-refractivity contribution in [3.05, 3.63) is 0 Å². The van der Waals surface area contributed by atoms with Crippen LogP contribution in [0, 0.1) is 0 Å². The van der Waals surface area contributed by atoms with Gasteiger partial charge < -0.3 is 26.6 Å². The van der Waals surface area contributed by atoms with E-state index in [9.17, 15) is 19.2 Å². The number of hydrogen-bond acceptors (Lipinski definition) is 5. The largest absolute Gasteiger partial charge is 0.368 e. The van der Waals surface area contributed by atoms with Crippen LogP contribution in [0.15, 0.2) is 0 Å². The fourth-order valence-corrected chi connectivity index (χ4v) is 1.93. The van der Waals surface area contributed by atoms with Gasteiger partial charge in [0.05, 0.1) is 13.1 Å². The first-order valence-electron chi connectivity index (χ1n) is 7.66. The summed E-state index contributed by atoms with van der Waals surface area (Å²) in [7, 11) is 3.39. The number of amides is 4. The molecule has 0 radical (unpaired) electrons. The standard InChI is InChI=1S/C12H25B2N5O4/c13-5-11(22)18(3-1-15)8-10(21)17-2-4-19(7-9(16)20)12(23)6-14/h1-8,13-15H2,(H2,16,20)(H,17,21). The molecule has 0 fully saturated rings. The zero-order valence-electron chi connectivity index (χ0n) is 13.8. The topological polar surface area (TPSA) is 139 Å². The van der Waals surface area contributed by atoms with E-state index in [4.69, 9.17) is 11.5 Å². The van der Waals surface area contributed by atoms with Gasteiger partial charge in [0.1, 0.15) is 15.7 Å². The molecule has 9 nitrogen and oxygen atoms in total. The number of nitrogens with two attached hydrogens (primary N) is 2. The van der Waals surface area contributed by atoms with E-state index in [1.54, 1.807) is 15.7 Å². The number of primary amides is 1. The first kappa shape index (κ1) is 21.0. The molecule has 0 aromatic rings. The highest BCUT2D eigenvalue weighted by Gasteiger charge is 2.16. The highest BCUT2D eigenvalue weighted by molar-refractivity contribution is 6.20. The molecule has 128 valence electrons. The second-order valence-electron chi connectivity index (χ2n) is 4.94. The molecular weight excluding hydrogens is 300 g/mol. The van der Waals surface area contributed by atoms with Crippen LogP contribution >= 0.6 is 0 Å². The minimum absolute atomic E-state index is 0.0819. The maximum atomic E-state index is 11.9. The lowest BCUT2D eigenvalue weighted by atomic mass is 10.0. The van der Waals surface area contributed by atoms with Gasteiger partial charge in [-0.25, -0.2) is 0 Å². The summed E-state index contributed by atoms with van der Waals surface area (Å²) in [5, 5.41) is 2.61. The third kappa shape index (κ3) is 8.87. The van der Waals surface area contributed by atoms with E-state index in [1.165, 1.54) is 9.80 Å². The Hall–Kier alpha value is -2.03. The van der Waals surface area contributed by atoms with Gasteiger partial charge in [0.2, 0.25) is 23.6 Å². The molecule has 0 rings (SSSR count). The van der Waals surface area contributed by atoms with Gasteiger partial charge in [-0.3, -0.25) is 19.2 Å². The zero-order chi connectivity index (χ0) is 17.8. The van der Waals surface area contributed by atoms with Crippen LogP contribution in [0.1, 0.15) is 0 Å². The molecule has 0 aliphatic rings. The van der Waals surface area contributed by atoms with Crippen molar-refractivity contribution >= 4 is 39.3 Å². The molecule has 0 unspecified atom stereocenters. The first-order chi connectivity index (χ1) is 10.8. The minimum atomic E-state index is -0.610. The molecule has 0 saturated carbocycles. The van der Waals surface area contributed by atoms with E-state index in [2.05, 4.69) is 5.32 Å². The van der Waals surface area contributed by atoms with Crippen molar-refractivity contribution in [3.63, 3.8) is 0 Å². The molecule has 0 aromatic heterocycles. The molecule has 0 aliphatic heterocycles. The average molecular weight is 325 g/mol. The van der Waals surface area contributed by atoms with Crippen LogP contribution in [-0.2, 0) is 19.2 Å². The molecule has 11 heteroatoms. The Morgan fingerprint density at radius 1 is 0.913 bits per heavy atom. The Morgan fingerprint density at radius 2 is 1.43 bits per heavy atom. The number of carbonyl (C=O) groups excluding carboxylic acids is 4. The fourth-order valence-electron chi connectivity index (χ4n) is 1.93. The van der Waals surface area contributed by atoms with Crippen LogP contribution in [0.4, 0.5) is 0 Å². The van der Waals surface area contributed by atoms with Gasteiger partial charge in [-0.05, 0) is 12.6 Å². The summed E-state index contributed by atoms with van der Waals surface area (Å²) in [5.41, 5.74) is 10.5. The van der Waals surface area contributed by atoms with Crippen molar-refractivity contribution < 1.29 is 19.2 Å². The molecule has 4 amide bonds. The van der Waals surface area contributed by atoms with Crippen molar-refractivity contribution in [1.82, 2.24) is 15.1 Å². The maximum absolute atomic E-state index is 11.9. The van der Waals surface area contributed by atoms with Crippen LogP contribution in [0.5, 0.6) is 0 Å². The van der Waals surface area contributed by atoms with Gasteiger partial charge >= 0.3 is 0 Å². The SMILES string of the molecule is BCC(=O)N(CCNC(=O)CN(CCN)C(=O)CB)CC(N)=O. The summed E-state index contributed by atoms with van der Waals surface area (Å²) in [6, 6.07) is 0. The smallest absolute Gasteiger partial charge is 0.239 e. The Kier molecular flexibility index (Phi) is 10.5. The van der Waals surface area contributed by atoms with E-state index in [-0.39, 0.29) is 56.8 Å². The Labute approximate surface area is 137 Å². The predicted molar refractivity (Wildman–Crippen MR) is 91.1 cm³/mol. The molecule has 0 aromatic carbocycles. The highest BCUT2D eigenvalue weighted by atomic mass is 16.2. The summed E-state index contributed by atoms with van der Waals surface area (Å²) in [6.07, 6.45) is 0.543. The van der Waals surface area contributed by atoms with E-state index in [0.717, 1.165) is 0 Å². The summed E-state index contributed by atoms with van der Waals surface area (Å²) >= 11 is 0. The average Bonchev–Trinajstić information content (AvgIpc) is 2.51. The summed E-state index contributed by atoms with van der Waals surface area (Å²) in [4.78, 5) is 48.8. The Morgan fingerprint density at radius 3 is 1.87 bits per heavy atom. The van der Waals surface area contributed by atoms with Gasteiger partial charge in [-0.1, -0.05) is 0 Å². The van der Waals surface area contributed by atoms with Crippen molar-refractivity contribution in [2.75, 3.05) is 39.3 Å². The van der Waals surface area contributed by atoms with Crippen LogP contribution in [0.3, 0.4) is 0 Å². The normalized spacial score (nSPS) is 9.96. The number of hydrogen-bond donors (Lipinski definition) is 3. The lowest BCUT2D eigenvalue weighted by Gasteiger charge is -2.23. The van der Waals surface area contributed by atoms with Crippen molar-refractivity contribution in [2.45, 2.75) is 12.6 Å². The fraction of sp³-hybridized carbons (Fsp3) is 0.667. The molecule has 0 heterocycles. The predicted octanol–water partition coefficient (Wildman–Crippen LogP) is -4.69. The molecule has 0 bridgehead atoms. The summed E-state index contributed by atoms with van der Waals surface area (Å²) in [5.74, 6) is -1.32. The van der Waals surface area contributed by atoms with E-state index < -0.39 is 5.91 Å². The van der Waals surface area contributed by atoms with Gasteiger partial charge in [-0.2, -0.15) is 0 Å². The monoisotopic (exact) mass is 325 g/mol.